The zero-order chi connectivity index (χ0) is 14.5. The predicted molar refractivity (Wildman–Crippen MR) is 87.9 cm³/mol. The van der Waals surface area contributed by atoms with Crippen LogP contribution >= 0.6 is 11.3 Å². The molecule has 1 aromatic heterocycles. The van der Waals surface area contributed by atoms with Gasteiger partial charge in [-0.15, -0.1) is 11.3 Å². The van der Waals surface area contributed by atoms with Crippen LogP contribution in [0.2, 0.25) is 0 Å². The van der Waals surface area contributed by atoms with E-state index in [0.29, 0.717) is 5.92 Å². The predicted octanol–water partition coefficient (Wildman–Crippen LogP) is 2.52. The maximum Gasteiger partial charge on any atom is 0.185 e. The van der Waals surface area contributed by atoms with Crippen LogP contribution in [0.5, 0.6) is 0 Å². The van der Waals surface area contributed by atoms with E-state index in [4.69, 9.17) is 4.98 Å². The summed E-state index contributed by atoms with van der Waals surface area (Å²) in [5, 5.41) is 4.48. The molecule has 0 amide bonds. The van der Waals surface area contributed by atoms with Gasteiger partial charge < -0.3 is 10.2 Å². The quantitative estimate of drug-likeness (QED) is 0.874. The summed E-state index contributed by atoms with van der Waals surface area (Å²) in [4.78, 5) is 11.3. The van der Waals surface area contributed by atoms with Gasteiger partial charge in [0.1, 0.15) is 0 Å². The Hall–Kier alpha value is -0.650. The van der Waals surface area contributed by atoms with Crippen LogP contribution in [0.4, 0.5) is 5.13 Å². The van der Waals surface area contributed by atoms with Gasteiger partial charge in [-0.1, -0.05) is 20.8 Å². The van der Waals surface area contributed by atoms with E-state index in [0.717, 1.165) is 19.6 Å². The molecule has 0 radical (unpaired) electrons. The zero-order valence-electron chi connectivity index (χ0n) is 13.3. The molecule has 0 spiro atoms. The van der Waals surface area contributed by atoms with E-state index in [-0.39, 0.29) is 0 Å². The van der Waals surface area contributed by atoms with E-state index in [9.17, 15) is 0 Å². The highest BCUT2D eigenvalue weighted by atomic mass is 32.1. The first-order valence-electron chi connectivity index (χ1n) is 7.77. The summed E-state index contributed by atoms with van der Waals surface area (Å²) in [6, 6.07) is 0. The van der Waals surface area contributed by atoms with Gasteiger partial charge in [0.2, 0.25) is 0 Å². The second kappa shape index (κ2) is 7.38. The number of nitrogens with one attached hydrogen (secondary N) is 1. The fraction of sp³-hybridized carbons (Fsp3) is 0.800. The zero-order valence-corrected chi connectivity index (χ0v) is 14.1. The van der Waals surface area contributed by atoms with Gasteiger partial charge >= 0.3 is 0 Å². The summed E-state index contributed by atoms with van der Waals surface area (Å²) in [7, 11) is 2.01. The number of hydrogen-bond acceptors (Lipinski definition) is 5. The molecule has 1 N–H and O–H groups in total. The van der Waals surface area contributed by atoms with Crippen LogP contribution in [-0.4, -0.2) is 49.7 Å². The molecule has 1 aliphatic rings. The lowest BCUT2D eigenvalue weighted by Gasteiger charge is -2.34. The fourth-order valence-corrected chi connectivity index (χ4v) is 3.98. The Bertz CT molecular complexity index is 408. The maximum atomic E-state index is 4.91. The van der Waals surface area contributed by atoms with E-state index in [1.54, 1.807) is 0 Å². The summed E-state index contributed by atoms with van der Waals surface area (Å²) in [6.45, 7) is 13.5. The Morgan fingerprint density at radius 3 is 2.50 bits per heavy atom. The van der Waals surface area contributed by atoms with Crippen molar-refractivity contribution in [2.75, 3.05) is 44.7 Å². The number of rotatable bonds is 6. The third-order valence-electron chi connectivity index (χ3n) is 3.78. The van der Waals surface area contributed by atoms with Crippen LogP contribution in [0.1, 0.15) is 43.7 Å². The first-order chi connectivity index (χ1) is 9.65. The minimum Gasteiger partial charge on any atom is -0.346 e. The Labute approximate surface area is 127 Å². The van der Waals surface area contributed by atoms with Gasteiger partial charge in [-0.3, -0.25) is 4.90 Å². The minimum atomic E-state index is 0.504. The maximum absolute atomic E-state index is 4.91. The lowest BCUT2D eigenvalue weighted by atomic mass is 10.1. The molecule has 20 heavy (non-hydrogen) atoms. The summed E-state index contributed by atoms with van der Waals surface area (Å²) < 4.78 is 0. The van der Waals surface area contributed by atoms with E-state index in [1.165, 1.54) is 41.8 Å². The SMILES string of the molecule is CCCN1CCN(c2nc(C(C)C)c(CNC)s2)CC1. The number of nitrogens with zero attached hydrogens (tertiary/aromatic N) is 3. The van der Waals surface area contributed by atoms with E-state index >= 15 is 0 Å². The molecule has 1 fully saturated rings. The second-order valence-electron chi connectivity index (χ2n) is 5.82. The van der Waals surface area contributed by atoms with Crippen molar-refractivity contribution < 1.29 is 0 Å². The van der Waals surface area contributed by atoms with Crippen LogP contribution < -0.4 is 10.2 Å². The smallest absolute Gasteiger partial charge is 0.185 e. The summed E-state index contributed by atoms with van der Waals surface area (Å²) in [5.74, 6) is 0.504. The first kappa shape index (κ1) is 15.7. The second-order valence-corrected chi connectivity index (χ2v) is 6.88. The number of thiazole rings is 1. The van der Waals surface area contributed by atoms with E-state index in [1.807, 2.05) is 18.4 Å². The van der Waals surface area contributed by atoms with Gasteiger partial charge in [-0.25, -0.2) is 4.98 Å². The summed E-state index contributed by atoms with van der Waals surface area (Å²) in [6.07, 6.45) is 1.25. The van der Waals surface area contributed by atoms with Gasteiger partial charge in [-0.05, 0) is 25.9 Å². The van der Waals surface area contributed by atoms with Crippen LogP contribution in [-0.2, 0) is 6.54 Å². The molecule has 4 nitrogen and oxygen atoms in total. The van der Waals surface area contributed by atoms with Gasteiger partial charge in [-0.2, -0.15) is 0 Å². The molecule has 1 saturated heterocycles. The Morgan fingerprint density at radius 2 is 1.95 bits per heavy atom. The van der Waals surface area contributed by atoms with Crippen molar-refractivity contribution in [1.82, 2.24) is 15.2 Å². The lowest BCUT2D eigenvalue weighted by Crippen LogP contribution is -2.46. The van der Waals surface area contributed by atoms with Gasteiger partial charge in [0, 0.05) is 37.6 Å². The molecule has 1 aliphatic heterocycles. The molecule has 2 heterocycles. The highest BCUT2D eigenvalue weighted by molar-refractivity contribution is 7.15. The van der Waals surface area contributed by atoms with Crippen molar-refractivity contribution in [3.05, 3.63) is 10.6 Å². The molecule has 0 unspecified atom stereocenters. The number of anilines is 1. The fourth-order valence-electron chi connectivity index (χ4n) is 2.70. The minimum absolute atomic E-state index is 0.504. The Kier molecular flexibility index (Phi) is 5.81. The van der Waals surface area contributed by atoms with Crippen LogP contribution in [0.15, 0.2) is 0 Å². The third kappa shape index (κ3) is 3.71. The molecule has 1 aromatic rings. The molecule has 114 valence electrons. The number of hydrogen-bond donors (Lipinski definition) is 1. The summed E-state index contributed by atoms with van der Waals surface area (Å²) in [5.41, 5.74) is 1.27. The number of aromatic nitrogens is 1. The monoisotopic (exact) mass is 296 g/mol. The highest BCUT2D eigenvalue weighted by Crippen LogP contribution is 2.31. The molecule has 2 rings (SSSR count). The van der Waals surface area contributed by atoms with Crippen LogP contribution in [0.3, 0.4) is 0 Å². The standard InChI is InChI=1S/C15H28N4S/c1-5-6-18-7-9-19(10-8-18)15-17-14(12(2)3)13(20-15)11-16-4/h12,16H,5-11H2,1-4H3. The average molecular weight is 296 g/mol. The van der Waals surface area contributed by atoms with Crippen LogP contribution in [0, 0.1) is 0 Å². The van der Waals surface area contributed by atoms with Crippen LogP contribution in [0.25, 0.3) is 0 Å². The molecule has 0 aromatic carbocycles. The van der Waals surface area contributed by atoms with Gasteiger partial charge in [0.05, 0.1) is 5.69 Å². The normalized spacial score (nSPS) is 17.1. The molecule has 0 saturated carbocycles. The van der Waals surface area contributed by atoms with E-state index in [2.05, 4.69) is 35.9 Å². The first-order valence-corrected chi connectivity index (χ1v) is 8.58. The molecule has 0 bridgehead atoms. The van der Waals surface area contributed by atoms with Crippen molar-refractivity contribution in [3.63, 3.8) is 0 Å². The van der Waals surface area contributed by atoms with Crippen molar-refractivity contribution in [2.45, 2.75) is 39.7 Å². The Morgan fingerprint density at radius 1 is 1.25 bits per heavy atom. The Balaban J connectivity index is 2.04. The largest absolute Gasteiger partial charge is 0.346 e. The van der Waals surface area contributed by atoms with Crippen molar-refractivity contribution in [1.29, 1.82) is 0 Å². The highest BCUT2D eigenvalue weighted by Gasteiger charge is 2.21. The molecular formula is C15H28N4S. The third-order valence-corrected chi connectivity index (χ3v) is 4.92. The number of piperazine rings is 1. The van der Waals surface area contributed by atoms with Crippen molar-refractivity contribution >= 4 is 16.5 Å². The van der Waals surface area contributed by atoms with Gasteiger partial charge in [0.25, 0.3) is 0 Å². The average Bonchev–Trinajstić information content (AvgIpc) is 2.85. The molecule has 5 heteroatoms. The topological polar surface area (TPSA) is 31.4 Å². The molecule has 0 atom stereocenters. The van der Waals surface area contributed by atoms with E-state index < -0.39 is 0 Å². The van der Waals surface area contributed by atoms with Crippen molar-refractivity contribution in [3.8, 4) is 0 Å². The summed E-state index contributed by atoms with van der Waals surface area (Å²) >= 11 is 1.87. The molecular weight excluding hydrogens is 268 g/mol. The van der Waals surface area contributed by atoms with Gasteiger partial charge in [0.15, 0.2) is 5.13 Å². The van der Waals surface area contributed by atoms with Crippen molar-refractivity contribution in [2.24, 2.45) is 0 Å². The molecule has 0 aliphatic carbocycles. The lowest BCUT2D eigenvalue weighted by molar-refractivity contribution is 0.258.